The normalized spacial score (nSPS) is 18.2. The highest BCUT2D eigenvalue weighted by Gasteiger charge is 2.28. The van der Waals surface area contributed by atoms with Gasteiger partial charge in [0.1, 0.15) is 11.1 Å². The molecule has 1 aliphatic heterocycles. The van der Waals surface area contributed by atoms with Crippen LogP contribution in [-0.4, -0.2) is 22.3 Å². The van der Waals surface area contributed by atoms with Crippen LogP contribution in [0.25, 0.3) is 0 Å². The van der Waals surface area contributed by atoms with Gasteiger partial charge in [0.05, 0.1) is 18.8 Å². The highest BCUT2D eigenvalue weighted by atomic mass is 79.9. The molecule has 0 aromatic carbocycles. The Morgan fingerprint density at radius 3 is 3.00 bits per heavy atom. The molecular weight excluding hydrogens is 304 g/mol. The van der Waals surface area contributed by atoms with Crippen molar-refractivity contribution < 1.29 is 9.47 Å². The number of aromatic nitrogens is 2. The number of nitrogens with zero attached hydrogens (tertiary/aromatic N) is 2. The zero-order valence-electron chi connectivity index (χ0n) is 9.68. The van der Waals surface area contributed by atoms with E-state index in [1.165, 1.54) is 11.6 Å². The van der Waals surface area contributed by atoms with E-state index < -0.39 is 17.5 Å². The molecular formula is C11H11BrN2O4. The lowest BCUT2D eigenvalue weighted by atomic mass is 10.3. The predicted molar refractivity (Wildman–Crippen MR) is 67.1 cm³/mol. The maximum Gasteiger partial charge on any atom is 0.331 e. The van der Waals surface area contributed by atoms with Gasteiger partial charge >= 0.3 is 5.69 Å². The predicted octanol–water partition coefficient (Wildman–Crippen LogP) is -0.0119. The molecule has 0 amide bonds. The van der Waals surface area contributed by atoms with Gasteiger partial charge in [0.25, 0.3) is 5.56 Å². The number of fused-ring (bicyclic) bond motifs is 1. The Morgan fingerprint density at radius 2 is 2.33 bits per heavy atom. The highest BCUT2D eigenvalue weighted by molar-refractivity contribution is 9.10. The smallest absolute Gasteiger partial charge is 0.331 e. The number of ether oxygens (including phenoxy) is 2. The molecule has 0 saturated heterocycles. The average Bonchev–Trinajstić information content (AvgIpc) is 2.40. The Labute approximate surface area is 111 Å². The van der Waals surface area contributed by atoms with Crippen molar-refractivity contribution in [3.63, 3.8) is 0 Å². The van der Waals surface area contributed by atoms with E-state index in [1.54, 1.807) is 0 Å². The first-order valence-corrected chi connectivity index (χ1v) is 6.03. The molecule has 0 saturated carbocycles. The van der Waals surface area contributed by atoms with E-state index in [2.05, 4.69) is 21.9 Å². The van der Waals surface area contributed by atoms with Crippen LogP contribution in [0, 0.1) is 12.3 Å². The molecule has 18 heavy (non-hydrogen) atoms. The van der Waals surface area contributed by atoms with Gasteiger partial charge in [-0.15, -0.1) is 6.42 Å². The van der Waals surface area contributed by atoms with Gasteiger partial charge in [-0.3, -0.25) is 13.9 Å². The monoisotopic (exact) mass is 314 g/mol. The first kappa shape index (κ1) is 13.1. The zero-order valence-corrected chi connectivity index (χ0v) is 11.3. The fourth-order valence-electron chi connectivity index (χ4n) is 1.77. The SMILES string of the molecule is C#CCOC1OCCn2c1c(Br)c(=O)n(C)c2=O. The van der Waals surface area contributed by atoms with Crippen molar-refractivity contribution in [1.82, 2.24) is 9.13 Å². The number of hydrogen-bond donors (Lipinski definition) is 0. The Bertz CT molecular complexity index is 626. The number of hydrogen-bond acceptors (Lipinski definition) is 4. The summed E-state index contributed by atoms with van der Waals surface area (Å²) in [4.78, 5) is 23.8. The van der Waals surface area contributed by atoms with Crippen LogP contribution in [0.2, 0.25) is 0 Å². The molecule has 6 nitrogen and oxygen atoms in total. The van der Waals surface area contributed by atoms with E-state index >= 15 is 0 Å². The first-order chi connectivity index (χ1) is 8.57. The maximum atomic E-state index is 12.0. The van der Waals surface area contributed by atoms with Crippen LogP contribution in [0.1, 0.15) is 12.0 Å². The third kappa shape index (κ3) is 2.03. The van der Waals surface area contributed by atoms with Crippen LogP contribution in [0.15, 0.2) is 14.1 Å². The van der Waals surface area contributed by atoms with Crippen molar-refractivity contribution in [2.75, 3.05) is 13.2 Å². The van der Waals surface area contributed by atoms with E-state index in [9.17, 15) is 9.59 Å². The van der Waals surface area contributed by atoms with Crippen LogP contribution in [0.3, 0.4) is 0 Å². The fraction of sp³-hybridized carbons (Fsp3) is 0.455. The van der Waals surface area contributed by atoms with Crippen molar-refractivity contribution >= 4 is 15.9 Å². The largest absolute Gasteiger partial charge is 0.345 e. The van der Waals surface area contributed by atoms with Crippen molar-refractivity contribution in [2.45, 2.75) is 12.8 Å². The number of terminal acetylenes is 1. The summed E-state index contributed by atoms with van der Waals surface area (Å²) in [5.74, 6) is 2.32. The minimum Gasteiger partial charge on any atom is -0.345 e. The van der Waals surface area contributed by atoms with Crippen LogP contribution in [0.5, 0.6) is 0 Å². The van der Waals surface area contributed by atoms with E-state index in [-0.39, 0.29) is 11.1 Å². The summed E-state index contributed by atoms with van der Waals surface area (Å²) in [6.07, 6.45) is 4.31. The van der Waals surface area contributed by atoms with Gasteiger partial charge in [-0.1, -0.05) is 5.92 Å². The van der Waals surface area contributed by atoms with Gasteiger partial charge in [0.15, 0.2) is 0 Å². The van der Waals surface area contributed by atoms with E-state index in [0.717, 1.165) is 4.57 Å². The molecule has 0 N–H and O–H groups in total. The molecule has 2 heterocycles. The van der Waals surface area contributed by atoms with Gasteiger partial charge in [0.2, 0.25) is 6.29 Å². The topological polar surface area (TPSA) is 62.5 Å². The van der Waals surface area contributed by atoms with Crippen molar-refractivity contribution in [3.8, 4) is 12.3 Å². The third-order valence-corrected chi connectivity index (χ3v) is 3.40. The second kappa shape index (κ2) is 5.10. The van der Waals surface area contributed by atoms with E-state index in [4.69, 9.17) is 15.9 Å². The Hall–Kier alpha value is -1.36. The van der Waals surface area contributed by atoms with Crippen molar-refractivity contribution in [2.24, 2.45) is 7.05 Å². The lowest BCUT2D eigenvalue weighted by Crippen LogP contribution is -2.44. The summed E-state index contributed by atoms with van der Waals surface area (Å²) in [6, 6.07) is 0. The molecule has 1 aromatic heterocycles. The van der Waals surface area contributed by atoms with Crippen molar-refractivity contribution in [3.05, 3.63) is 31.0 Å². The molecule has 2 rings (SSSR count). The Balaban J connectivity index is 2.61. The quantitative estimate of drug-likeness (QED) is 0.720. The Kier molecular flexibility index (Phi) is 3.71. The lowest BCUT2D eigenvalue weighted by molar-refractivity contribution is -0.157. The molecule has 0 radical (unpaired) electrons. The molecule has 0 fully saturated rings. The maximum absolute atomic E-state index is 12.0. The second-order valence-electron chi connectivity index (χ2n) is 3.72. The van der Waals surface area contributed by atoms with Gasteiger partial charge < -0.3 is 9.47 Å². The van der Waals surface area contributed by atoms with Crippen LogP contribution in [0.4, 0.5) is 0 Å². The molecule has 0 aliphatic carbocycles. The molecule has 1 aliphatic rings. The Morgan fingerprint density at radius 1 is 1.61 bits per heavy atom. The highest BCUT2D eigenvalue weighted by Crippen LogP contribution is 2.26. The summed E-state index contributed by atoms with van der Waals surface area (Å²) in [5, 5.41) is 0. The summed E-state index contributed by atoms with van der Waals surface area (Å²) >= 11 is 3.18. The number of halogens is 1. The second-order valence-corrected chi connectivity index (χ2v) is 4.51. The molecule has 1 atom stereocenters. The van der Waals surface area contributed by atoms with Crippen molar-refractivity contribution in [1.29, 1.82) is 0 Å². The van der Waals surface area contributed by atoms with Crippen LogP contribution in [-0.2, 0) is 23.1 Å². The zero-order chi connectivity index (χ0) is 13.3. The first-order valence-electron chi connectivity index (χ1n) is 5.23. The number of rotatable bonds is 2. The van der Waals surface area contributed by atoms with E-state index in [1.807, 2.05) is 0 Å². The van der Waals surface area contributed by atoms with E-state index in [0.29, 0.717) is 18.8 Å². The van der Waals surface area contributed by atoms with Gasteiger partial charge in [-0.05, 0) is 15.9 Å². The standard InChI is InChI=1S/C11H11BrN2O4/c1-3-5-17-10-8-7(12)9(15)13(2)11(16)14(8)4-6-18-10/h1,10H,4-6H2,2H3. The third-order valence-electron chi connectivity index (χ3n) is 2.65. The van der Waals surface area contributed by atoms with Gasteiger partial charge in [0, 0.05) is 7.05 Å². The molecule has 96 valence electrons. The molecule has 1 unspecified atom stereocenters. The molecule has 0 spiro atoms. The minimum atomic E-state index is -0.800. The summed E-state index contributed by atoms with van der Waals surface area (Å²) in [5.41, 5.74) is -0.438. The van der Waals surface area contributed by atoms with Crippen LogP contribution >= 0.6 is 15.9 Å². The van der Waals surface area contributed by atoms with Gasteiger partial charge in [-0.25, -0.2) is 4.79 Å². The molecule has 0 bridgehead atoms. The summed E-state index contributed by atoms with van der Waals surface area (Å²) in [6.45, 7) is 0.740. The van der Waals surface area contributed by atoms with Gasteiger partial charge in [-0.2, -0.15) is 0 Å². The average molecular weight is 315 g/mol. The molecule has 7 heteroatoms. The minimum absolute atomic E-state index is 0.0422. The summed E-state index contributed by atoms with van der Waals surface area (Å²) < 4.78 is 13.4. The molecule has 1 aromatic rings. The fourth-order valence-corrected chi connectivity index (χ4v) is 2.44. The van der Waals surface area contributed by atoms with Crippen LogP contribution < -0.4 is 11.2 Å². The summed E-state index contributed by atoms with van der Waals surface area (Å²) in [7, 11) is 1.43. The lowest BCUT2D eigenvalue weighted by Gasteiger charge is -2.27.